The normalized spacial score (nSPS) is 15.7. The zero-order valence-electron chi connectivity index (χ0n) is 11.1. The molecule has 5 heteroatoms. The Labute approximate surface area is 117 Å². The molecule has 2 heterocycles. The summed E-state index contributed by atoms with van der Waals surface area (Å²) in [5.74, 6) is 1.04. The minimum Gasteiger partial charge on any atom is -0.493 e. The highest BCUT2D eigenvalue weighted by Crippen LogP contribution is 2.37. The van der Waals surface area contributed by atoms with Crippen LogP contribution in [0.15, 0.2) is 18.2 Å². The molecule has 1 atom stereocenters. The first-order chi connectivity index (χ1) is 9.31. The Morgan fingerprint density at radius 2 is 2.32 bits per heavy atom. The van der Waals surface area contributed by atoms with Gasteiger partial charge in [0, 0.05) is 5.56 Å². The van der Waals surface area contributed by atoms with Crippen LogP contribution in [0.25, 0.3) is 0 Å². The smallest absolute Gasteiger partial charge is 0.127 e. The van der Waals surface area contributed by atoms with Crippen molar-refractivity contribution in [1.29, 1.82) is 0 Å². The summed E-state index contributed by atoms with van der Waals surface area (Å²) in [7, 11) is 1.96. The Kier molecular flexibility index (Phi) is 3.48. The van der Waals surface area contributed by atoms with Crippen LogP contribution in [0.1, 0.15) is 34.2 Å². The van der Waals surface area contributed by atoms with Crippen molar-refractivity contribution in [2.75, 3.05) is 13.7 Å². The maximum atomic E-state index is 5.90. The second-order valence-corrected chi connectivity index (χ2v) is 5.52. The van der Waals surface area contributed by atoms with E-state index in [-0.39, 0.29) is 6.04 Å². The monoisotopic (exact) mass is 275 g/mol. The second-order valence-electron chi connectivity index (χ2n) is 4.73. The quantitative estimate of drug-likeness (QED) is 0.935. The van der Waals surface area contributed by atoms with Crippen LogP contribution in [0.5, 0.6) is 5.75 Å². The molecule has 0 bridgehead atoms. The minimum absolute atomic E-state index is 0.105. The molecule has 19 heavy (non-hydrogen) atoms. The van der Waals surface area contributed by atoms with Crippen LogP contribution in [0.2, 0.25) is 0 Å². The van der Waals surface area contributed by atoms with Crippen molar-refractivity contribution < 1.29 is 4.74 Å². The van der Waals surface area contributed by atoms with Gasteiger partial charge in [-0.15, -0.1) is 5.10 Å². The molecular weight excluding hydrogens is 258 g/mol. The van der Waals surface area contributed by atoms with Gasteiger partial charge in [0.25, 0.3) is 0 Å². The van der Waals surface area contributed by atoms with Crippen LogP contribution >= 0.6 is 11.5 Å². The van der Waals surface area contributed by atoms with Gasteiger partial charge in [-0.05, 0) is 43.9 Å². The Bertz CT molecular complexity index is 582. The van der Waals surface area contributed by atoms with Gasteiger partial charge in [-0.3, -0.25) is 0 Å². The van der Waals surface area contributed by atoms with Crippen LogP contribution in [0.4, 0.5) is 0 Å². The summed E-state index contributed by atoms with van der Waals surface area (Å²) in [6.07, 6.45) is 2.20. The number of aryl methyl sites for hydroxylation is 2. The van der Waals surface area contributed by atoms with Gasteiger partial charge in [0.05, 0.1) is 23.2 Å². The number of nitrogens with zero attached hydrogens (tertiary/aromatic N) is 2. The lowest BCUT2D eigenvalue weighted by atomic mass is 9.97. The molecule has 1 aliphatic rings. The van der Waals surface area contributed by atoms with E-state index in [1.165, 1.54) is 22.7 Å². The first-order valence-electron chi connectivity index (χ1n) is 6.52. The molecule has 1 unspecified atom stereocenters. The number of hydrogen-bond donors (Lipinski definition) is 1. The fourth-order valence-corrected chi connectivity index (χ4v) is 3.35. The van der Waals surface area contributed by atoms with E-state index in [2.05, 4.69) is 33.1 Å². The largest absolute Gasteiger partial charge is 0.493 e. The van der Waals surface area contributed by atoms with Gasteiger partial charge in [-0.25, -0.2) is 0 Å². The molecule has 0 fully saturated rings. The maximum Gasteiger partial charge on any atom is 0.127 e. The van der Waals surface area contributed by atoms with E-state index in [4.69, 9.17) is 4.74 Å². The van der Waals surface area contributed by atoms with Crippen molar-refractivity contribution in [3.8, 4) is 5.75 Å². The van der Waals surface area contributed by atoms with Gasteiger partial charge in [0.1, 0.15) is 5.75 Å². The molecule has 0 saturated carbocycles. The van der Waals surface area contributed by atoms with Gasteiger partial charge < -0.3 is 10.1 Å². The summed E-state index contributed by atoms with van der Waals surface area (Å²) in [5, 5.41) is 7.47. The van der Waals surface area contributed by atoms with Crippen molar-refractivity contribution in [2.24, 2.45) is 0 Å². The fraction of sp³-hybridized carbons (Fsp3) is 0.429. The molecule has 2 aromatic rings. The highest BCUT2D eigenvalue weighted by Gasteiger charge is 2.24. The summed E-state index contributed by atoms with van der Waals surface area (Å²) in [4.78, 5) is 1.16. The van der Waals surface area contributed by atoms with E-state index in [1.54, 1.807) is 0 Å². The molecule has 100 valence electrons. The van der Waals surface area contributed by atoms with Crippen LogP contribution in [-0.2, 0) is 6.42 Å². The number of ether oxygens (including phenoxy) is 1. The lowest BCUT2D eigenvalue weighted by molar-refractivity contribution is 0.283. The maximum absolute atomic E-state index is 5.90. The lowest BCUT2D eigenvalue weighted by Crippen LogP contribution is -2.20. The summed E-state index contributed by atoms with van der Waals surface area (Å²) in [6, 6.07) is 6.50. The first-order valence-corrected chi connectivity index (χ1v) is 7.29. The highest BCUT2D eigenvalue weighted by atomic mass is 32.1. The summed E-state index contributed by atoms with van der Waals surface area (Å²) in [5.41, 5.74) is 3.48. The van der Waals surface area contributed by atoms with Crippen LogP contribution in [0, 0.1) is 6.92 Å². The molecule has 1 N–H and O–H groups in total. The lowest BCUT2D eigenvalue weighted by Gasteiger charge is -2.24. The van der Waals surface area contributed by atoms with Gasteiger partial charge in [0.15, 0.2) is 0 Å². The van der Waals surface area contributed by atoms with Crippen LogP contribution in [-0.4, -0.2) is 23.2 Å². The number of benzene rings is 1. The van der Waals surface area contributed by atoms with Crippen LogP contribution < -0.4 is 10.1 Å². The Morgan fingerprint density at radius 3 is 3.05 bits per heavy atom. The Morgan fingerprint density at radius 1 is 1.42 bits per heavy atom. The third-order valence-corrected chi connectivity index (χ3v) is 4.40. The number of para-hydroxylation sites is 1. The van der Waals surface area contributed by atoms with E-state index < -0.39 is 0 Å². The average Bonchev–Trinajstić information content (AvgIpc) is 2.86. The van der Waals surface area contributed by atoms with Crippen molar-refractivity contribution in [1.82, 2.24) is 14.9 Å². The van der Waals surface area contributed by atoms with E-state index in [1.807, 2.05) is 14.0 Å². The summed E-state index contributed by atoms with van der Waals surface area (Å²) in [6.45, 7) is 2.81. The Balaban J connectivity index is 2.07. The van der Waals surface area contributed by atoms with Gasteiger partial charge >= 0.3 is 0 Å². The molecule has 3 rings (SSSR count). The summed E-state index contributed by atoms with van der Waals surface area (Å²) >= 11 is 1.45. The zero-order chi connectivity index (χ0) is 13.2. The van der Waals surface area contributed by atoms with E-state index >= 15 is 0 Å². The minimum atomic E-state index is 0.105. The molecule has 4 nitrogen and oxygen atoms in total. The molecule has 0 saturated heterocycles. The second kappa shape index (κ2) is 5.27. The van der Waals surface area contributed by atoms with Gasteiger partial charge in [-0.2, -0.15) is 0 Å². The number of aromatic nitrogens is 2. The fourth-order valence-electron chi connectivity index (χ4n) is 2.57. The average molecular weight is 275 g/mol. The standard InChI is InChI=1S/C14H17N3OS/c1-9-14(19-17-16-9)12(15-2)11-7-3-5-10-6-4-8-18-13(10)11/h3,5,7,12,15H,4,6,8H2,1-2H3. The Hall–Kier alpha value is -1.46. The topological polar surface area (TPSA) is 47.0 Å². The van der Waals surface area contributed by atoms with E-state index in [0.29, 0.717) is 0 Å². The molecule has 1 aromatic heterocycles. The van der Waals surface area contributed by atoms with Crippen molar-refractivity contribution in [3.63, 3.8) is 0 Å². The predicted octanol–water partition coefficient (Wildman–Crippen LogP) is 2.48. The van der Waals surface area contributed by atoms with Crippen molar-refractivity contribution >= 4 is 11.5 Å². The predicted molar refractivity (Wildman–Crippen MR) is 75.8 cm³/mol. The third kappa shape index (κ3) is 2.24. The number of fused-ring (bicyclic) bond motifs is 1. The molecule has 0 amide bonds. The van der Waals surface area contributed by atoms with Crippen molar-refractivity contribution in [3.05, 3.63) is 39.9 Å². The number of rotatable bonds is 3. The SMILES string of the molecule is CNC(c1cccc2c1OCCC2)c1snnc1C. The zero-order valence-corrected chi connectivity index (χ0v) is 12.0. The van der Waals surface area contributed by atoms with E-state index in [0.717, 1.165) is 35.8 Å². The highest BCUT2D eigenvalue weighted by molar-refractivity contribution is 7.05. The summed E-state index contributed by atoms with van der Waals surface area (Å²) < 4.78 is 9.94. The van der Waals surface area contributed by atoms with Crippen LogP contribution in [0.3, 0.4) is 0 Å². The van der Waals surface area contributed by atoms with Gasteiger partial charge in [0.2, 0.25) is 0 Å². The molecule has 0 aliphatic carbocycles. The first kappa shape index (κ1) is 12.6. The van der Waals surface area contributed by atoms with Crippen molar-refractivity contribution in [2.45, 2.75) is 25.8 Å². The molecule has 0 radical (unpaired) electrons. The molecule has 1 aliphatic heterocycles. The molecule has 1 aromatic carbocycles. The molecular formula is C14H17N3OS. The number of nitrogens with one attached hydrogen (secondary N) is 1. The molecule has 0 spiro atoms. The third-order valence-electron chi connectivity index (χ3n) is 3.51. The number of hydrogen-bond acceptors (Lipinski definition) is 5. The van der Waals surface area contributed by atoms with E-state index in [9.17, 15) is 0 Å². The van der Waals surface area contributed by atoms with Gasteiger partial charge in [-0.1, -0.05) is 22.7 Å².